The van der Waals surface area contributed by atoms with Gasteiger partial charge in [0.15, 0.2) is 0 Å². The number of methoxy groups -OCH3 is 1. The van der Waals surface area contributed by atoms with E-state index in [1.54, 1.807) is 0 Å². The first kappa shape index (κ1) is 14.1. The summed E-state index contributed by atoms with van der Waals surface area (Å²) in [5, 5.41) is 0. The van der Waals surface area contributed by atoms with Crippen LogP contribution in [-0.4, -0.2) is 18.1 Å². The third-order valence-corrected chi connectivity index (χ3v) is 3.36. The van der Waals surface area contributed by atoms with Gasteiger partial charge in [0, 0.05) is 17.8 Å². The maximum atomic E-state index is 11.6. The number of aromatic nitrogens is 1. The van der Waals surface area contributed by atoms with Gasteiger partial charge in [0.1, 0.15) is 0 Å². The first-order valence-corrected chi connectivity index (χ1v) is 6.64. The molecule has 0 amide bonds. The molecule has 2 aromatic rings. The lowest BCUT2D eigenvalue weighted by atomic mass is 9.91. The minimum Gasteiger partial charge on any atom is -0.469 e. The van der Waals surface area contributed by atoms with Crippen molar-refractivity contribution in [1.29, 1.82) is 0 Å². The fourth-order valence-electron chi connectivity index (χ4n) is 2.27. The van der Waals surface area contributed by atoms with E-state index in [1.807, 2.05) is 24.4 Å². The molecule has 0 saturated heterocycles. The van der Waals surface area contributed by atoms with Crippen LogP contribution in [0.1, 0.15) is 29.2 Å². The highest BCUT2D eigenvalue weighted by Crippen LogP contribution is 2.27. The third kappa shape index (κ3) is 3.38. The van der Waals surface area contributed by atoms with Crippen LogP contribution < -0.4 is 0 Å². The van der Waals surface area contributed by atoms with Gasteiger partial charge in [-0.1, -0.05) is 30.3 Å². The topological polar surface area (TPSA) is 42.1 Å². The van der Waals surface area contributed by atoms with Crippen LogP contribution in [0.4, 0.5) is 0 Å². The summed E-state index contributed by atoms with van der Waals surface area (Å²) in [4.78, 5) is 14.8. The number of hydrogen-bond donors (Lipinski definition) is 1. The molecule has 1 aromatic heterocycles. The van der Waals surface area contributed by atoms with Gasteiger partial charge in [-0.3, -0.25) is 4.79 Å². The smallest absolute Gasteiger partial charge is 0.306 e. The molecule has 0 aliphatic carbocycles. The van der Waals surface area contributed by atoms with Crippen molar-refractivity contribution in [3.63, 3.8) is 0 Å². The number of nitrogens with one attached hydrogen (secondary N) is 1. The molecule has 1 atom stereocenters. The van der Waals surface area contributed by atoms with Crippen molar-refractivity contribution < 1.29 is 9.53 Å². The Morgan fingerprint density at radius 2 is 2.10 bits per heavy atom. The first-order valence-electron chi connectivity index (χ1n) is 6.64. The molecule has 1 aromatic carbocycles. The summed E-state index contributed by atoms with van der Waals surface area (Å²) in [7, 11) is 1.42. The van der Waals surface area contributed by atoms with E-state index in [0.717, 1.165) is 17.7 Å². The molecule has 0 bridgehead atoms. The Morgan fingerprint density at radius 3 is 2.65 bits per heavy atom. The molecule has 20 heavy (non-hydrogen) atoms. The second-order valence-corrected chi connectivity index (χ2v) is 4.69. The molecule has 3 heteroatoms. The molecule has 0 fully saturated rings. The number of H-pyrrole nitrogens is 1. The lowest BCUT2D eigenvalue weighted by Crippen LogP contribution is -2.10. The average Bonchev–Trinajstić information content (AvgIpc) is 3.00. The van der Waals surface area contributed by atoms with Crippen molar-refractivity contribution >= 4 is 5.97 Å². The van der Waals surface area contributed by atoms with E-state index >= 15 is 0 Å². The van der Waals surface area contributed by atoms with Gasteiger partial charge in [0.2, 0.25) is 0 Å². The minimum atomic E-state index is -0.209. The number of ether oxygens (including phenoxy) is 1. The monoisotopic (exact) mass is 269 g/mol. The quantitative estimate of drug-likeness (QED) is 0.644. The Morgan fingerprint density at radius 1 is 1.35 bits per heavy atom. The number of carbonyl (C=O) groups is 1. The molecule has 104 valence electrons. The van der Waals surface area contributed by atoms with Crippen molar-refractivity contribution in [3.05, 3.63) is 72.1 Å². The van der Waals surface area contributed by atoms with E-state index in [2.05, 4.69) is 35.8 Å². The number of aromatic amines is 1. The van der Waals surface area contributed by atoms with Crippen molar-refractivity contribution in [2.45, 2.75) is 18.8 Å². The predicted octanol–water partition coefficient (Wildman–Crippen LogP) is 3.44. The zero-order valence-corrected chi connectivity index (χ0v) is 11.6. The van der Waals surface area contributed by atoms with Crippen LogP contribution >= 0.6 is 0 Å². The summed E-state index contributed by atoms with van der Waals surface area (Å²) in [6, 6.07) is 12.2. The van der Waals surface area contributed by atoms with Crippen LogP contribution in [0.2, 0.25) is 0 Å². The van der Waals surface area contributed by atoms with Gasteiger partial charge < -0.3 is 9.72 Å². The summed E-state index contributed by atoms with van der Waals surface area (Å²) >= 11 is 0. The highest BCUT2D eigenvalue weighted by atomic mass is 16.5. The van der Waals surface area contributed by atoms with Crippen LogP contribution in [-0.2, 0) is 16.0 Å². The Labute approximate surface area is 119 Å². The van der Waals surface area contributed by atoms with Crippen LogP contribution in [0.3, 0.4) is 0 Å². The van der Waals surface area contributed by atoms with Crippen molar-refractivity contribution in [1.82, 2.24) is 4.98 Å². The number of benzene rings is 1. The molecule has 1 heterocycles. The van der Waals surface area contributed by atoms with Gasteiger partial charge in [-0.2, -0.15) is 0 Å². The second-order valence-electron chi connectivity index (χ2n) is 4.69. The Bertz CT molecular complexity index is 555. The SMILES string of the molecule is C=CCc1ccc(C(CC(=O)OC)c2ccc[nH]2)cc1. The normalized spacial score (nSPS) is 11.8. The molecule has 3 nitrogen and oxygen atoms in total. The third-order valence-electron chi connectivity index (χ3n) is 3.36. The highest BCUT2D eigenvalue weighted by Gasteiger charge is 2.19. The maximum absolute atomic E-state index is 11.6. The molecule has 0 spiro atoms. The Kier molecular flexibility index (Phi) is 4.77. The lowest BCUT2D eigenvalue weighted by Gasteiger charge is -2.15. The van der Waals surface area contributed by atoms with E-state index in [1.165, 1.54) is 12.7 Å². The largest absolute Gasteiger partial charge is 0.469 e. The van der Waals surface area contributed by atoms with Crippen LogP contribution in [0, 0.1) is 0 Å². The molecular formula is C17H19NO2. The molecular weight excluding hydrogens is 250 g/mol. The second kappa shape index (κ2) is 6.75. The van der Waals surface area contributed by atoms with Crippen molar-refractivity contribution in [3.8, 4) is 0 Å². The van der Waals surface area contributed by atoms with Crippen LogP contribution in [0.15, 0.2) is 55.3 Å². The highest BCUT2D eigenvalue weighted by molar-refractivity contribution is 5.71. The van der Waals surface area contributed by atoms with Gasteiger partial charge in [-0.25, -0.2) is 0 Å². The van der Waals surface area contributed by atoms with E-state index < -0.39 is 0 Å². The van der Waals surface area contributed by atoms with Gasteiger partial charge in [0.25, 0.3) is 0 Å². The van der Waals surface area contributed by atoms with Crippen molar-refractivity contribution in [2.24, 2.45) is 0 Å². The number of esters is 1. The van der Waals surface area contributed by atoms with E-state index in [0.29, 0.717) is 6.42 Å². The standard InChI is InChI=1S/C17H19NO2/c1-3-5-13-7-9-14(10-8-13)15(12-17(19)20-2)16-6-4-11-18-16/h3-4,6-11,15,18H,1,5,12H2,2H3. The van der Waals surface area contributed by atoms with Gasteiger partial charge in [-0.05, 0) is 29.7 Å². The Balaban J connectivity index is 2.26. The fourth-order valence-corrected chi connectivity index (χ4v) is 2.27. The molecule has 0 saturated carbocycles. The minimum absolute atomic E-state index is 0.00442. The van der Waals surface area contributed by atoms with Gasteiger partial charge in [0.05, 0.1) is 13.5 Å². The summed E-state index contributed by atoms with van der Waals surface area (Å²) < 4.78 is 4.80. The number of rotatable bonds is 6. The zero-order chi connectivity index (χ0) is 14.4. The number of allylic oxidation sites excluding steroid dienone is 1. The van der Waals surface area contributed by atoms with E-state index in [4.69, 9.17) is 4.74 Å². The summed E-state index contributed by atoms with van der Waals surface area (Å²) in [5.74, 6) is -0.213. The van der Waals surface area contributed by atoms with Gasteiger partial charge in [-0.15, -0.1) is 6.58 Å². The zero-order valence-electron chi connectivity index (χ0n) is 11.6. The lowest BCUT2D eigenvalue weighted by molar-refractivity contribution is -0.140. The maximum Gasteiger partial charge on any atom is 0.306 e. The molecule has 1 unspecified atom stereocenters. The van der Waals surface area contributed by atoms with Crippen molar-refractivity contribution in [2.75, 3.05) is 7.11 Å². The molecule has 0 aliphatic rings. The molecule has 0 radical (unpaired) electrons. The summed E-state index contributed by atoms with van der Waals surface area (Å²) in [6.45, 7) is 3.74. The Hall–Kier alpha value is -2.29. The average molecular weight is 269 g/mol. The van der Waals surface area contributed by atoms with Crippen LogP contribution in [0.25, 0.3) is 0 Å². The van der Waals surface area contributed by atoms with E-state index in [9.17, 15) is 4.79 Å². The molecule has 1 N–H and O–H groups in total. The first-order chi connectivity index (χ1) is 9.74. The summed E-state index contributed by atoms with van der Waals surface area (Å²) in [5.41, 5.74) is 3.34. The summed E-state index contributed by atoms with van der Waals surface area (Å²) in [6.07, 6.45) is 4.93. The fraction of sp³-hybridized carbons (Fsp3) is 0.235. The van der Waals surface area contributed by atoms with Gasteiger partial charge >= 0.3 is 5.97 Å². The predicted molar refractivity (Wildman–Crippen MR) is 79.6 cm³/mol. The van der Waals surface area contributed by atoms with E-state index in [-0.39, 0.29) is 11.9 Å². The molecule has 2 rings (SSSR count). The number of carbonyl (C=O) groups excluding carboxylic acids is 1. The number of hydrogen-bond acceptors (Lipinski definition) is 2. The molecule has 0 aliphatic heterocycles. The van der Waals surface area contributed by atoms with Crippen LogP contribution in [0.5, 0.6) is 0 Å².